The zero-order valence-electron chi connectivity index (χ0n) is 80.3. The second-order valence-corrected chi connectivity index (χ2v) is 35.5. The van der Waals surface area contributed by atoms with Gasteiger partial charge in [-0.15, -0.1) is 0 Å². The largest absolute Gasteiger partial charge is 0.417 e. The van der Waals surface area contributed by atoms with Crippen LogP contribution in [0.5, 0.6) is 0 Å². The van der Waals surface area contributed by atoms with Crippen LogP contribution in [0.2, 0.25) is 0 Å². The number of aryl methyl sites for hydroxylation is 1. The van der Waals surface area contributed by atoms with Crippen LogP contribution in [0, 0.1) is 6.92 Å². The second kappa shape index (κ2) is 42.6. The molecule has 16 nitrogen and oxygen atoms in total. The van der Waals surface area contributed by atoms with Gasteiger partial charge in [-0.25, -0.2) is 54.2 Å². The van der Waals surface area contributed by atoms with Crippen molar-refractivity contribution in [1.29, 1.82) is 0 Å². The average Bonchev–Trinajstić information content (AvgIpc) is 0.808. The van der Waals surface area contributed by atoms with Crippen molar-refractivity contribution in [3.63, 3.8) is 0 Å². The molecule has 22 heteroatoms. The van der Waals surface area contributed by atoms with Gasteiger partial charge in [0, 0.05) is 118 Å². The third-order valence-electron chi connectivity index (χ3n) is 25.6. The molecule has 0 atom stereocenters. The first kappa shape index (κ1) is 95.0. The van der Waals surface area contributed by atoms with Gasteiger partial charge in [0.15, 0.2) is 52.4 Å². The Bertz CT molecular complexity index is 8260. The molecule has 0 spiro atoms. The van der Waals surface area contributed by atoms with Gasteiger partial charge >= 0.3 is 12.4 Å². The first-order valence-electron chi connectivity index (χ1n) is 48.4. The van der Waals surface area contributed by atoms with Crippen LogP contribution in [-0.4, -0.2) is 79.0 Å². The Hall–Kier alpha value is -19.9. The summed E-state index contributed by atoms with van der Waals surface area (Å²) < 4.78 is 89.5. The van der Waals surface area contributed by atoms with Crippen LogP contribution in [-0.2, 0) is 12.4 Å². The minimum absolute atomic E-state index is 0.00307. The summed E-state index contributed by atoms with van der Waals surface area (Å²) in [7, 11) is 0. The van der Waals surface area contributed by atoms with Gasteiger partial charge in [0.1, 0.15) is 0 Å². The van der Waals surface area contributed by atoms with E-state index >= 15 is 0 Å². The zero-order chi connectivity index (χ0) is 102. The van der Waals surface area contributed by atoms with Crippen molar-refractivity contribution in [2.75, 3.05) is 0 Å². The predicted molar refractivity (Wildman–Crippen MR) is 581 cm³/mol. The van der Waals surface area contributed by atoms with Gasteiger partial charge in [0.2, 0.25) is 0 Å². The molecule has 0 aliphatic carbocycles. The molecule has 0 fully saturated rings. The highest BCUT2D eigenvalue weighted by Crippen LogP contribution is 2.44. The Balaban J connectivity index is 0.000000130. The van der Waals surface area contributed by atoms with Gasteiger partial charge < -0.3 is 4.57 Å². The monoisotopic (exact) mass is 1960 g/mol. The van der Waals surface area contributed by atoms with Gasteiger partial charge in [0.25, 0.3) is 0 Å². The lowest BCUT2D eigenvalue weighted by molar-refractivity contribution is -0.137. The molecule has 0 aliphatic heterocycles. The van der Waals surface area contributed by atoms with E-state index < -0.39 is 23.5 Å². The minimum atomic E-state index is -4.57. The number of halogens is 6. The highest BCUT2D eigenvalue weighted by molar-refractivity contribution is 5.84. The van der Waals surface area contributed by atoms with Gasteiger partial charge in [-0.1, -0.05) is 291 Å². The lowest BCUT2D eigenvalue weighted by Crippen LogP contribution is -2.07. The van der Waals surface area contributed by atoms with Crippen LogP contribution in [0.15, 0.2) is 505 Å². The number of rotatable bonds is 21. The molecular weight excluding hydrogens is 1880 g/mol. The molecule has 0 bridgehead atoms. The summed E-state index contributed by atoms with van der Waals surface area (Å²) in [4.78, 5) is 53.1. The molecule has 0 N–H and O–H groups in total. The third kappa shape index (κ3) is 21.5. The highest BCUT2D eigenvalue weighted by atomic mass is 19.4. The molecule has 0 radical (unpaired) electrons. The van der Waals surface area contributed by atoms with Crippen molar-refractivity contribution in [1.82, 2.24) is 79.0 Å². The number of pyridine rings is 2. The summed E-state index contributed by atoms with van der Waals surface area (Å²) in [6.45, 7) is 2.01. The fourth-order valence-electron chi connectivity index (χ4n) is 18.2. The van der Waals surface area contributed by atoms with E-state index in [-0.39, 0.29) is 28.6 Å². The van der Waals surface area contributed by atoms with Gasteiger partial charge in [0.05, 0.1) is 22.5 Å². The fraction of sp³-hybridized carbons (Fsp3) is 0.0234. The van der Waals surface area contributed by atoms with Crippen LogP contribution in [0.25, 0.3) is 220 Å². The summed E-state index contributed by atoms with van der Waals surface area (Å²) in [5.74, 6) is 4.22. The third-order valence-corrected chi connectivity index (χ3v) is 25.6. The van der Waals surface area contributed by atoms with Crippen LogP contribution in [0.4, 0.5) is 26.3 Å². The maximum atomic E-state index is 14.0. The maximum absolute atomic E-state index is 14.0. The number of hydrogen-bond donors (Lipinski definition) is 0. The van der Waals surface area contributed by atoms with E-state index in [4.69, 9.17) is 44.9 Å². The van der Waals surface area contributed by atoms with E-state index in [9.17, 15) is 26.3 Å². The molecular formula is C128H86F6N16. The molecule has 24 aromatic rings. The Kier molecular flexibility index (Phi) is 27.0. The predicted octanol–water partition coefficient (Wildman–Crippen LogP) is 31.9. The summed E-state index contributed by atoms with van der Waals surface area (Å²) >= 11 is 0. The molecule has 8 heterocycles. The van der Waals surface area contributed by atoms with Crippen molar-refractivity contribution in [2.24, 2.45) is 0 Å². The smallest absolute Gasteiger partial charge is 0.324 e. The summed E-state index contributed by atoms with van der Waals surface area (Å²) in [6.07, 6.45) is 9.54. The molecule has 0 aliphatic rings. The van der Waals surface area contributed by atoms with Crippen LogP contribution in [0.3, 0.4) is 0 Å². The minimum Gasteiger partial charge on any atom is -0.324 e. The lowest BCUT2D eigenvalue weighted by Gasteiger charge is -2.15. The average molecular weight is 1960 g/mol. The summed E-state index contributed by atoms with van der Waals surface area (Å²) in [5, 5.41) is 8.75. The Labute approximate surface area is 860 Å². The van der Waals surface area contributed by atoms with E-state index in [1.807, 2.05) is 230 Å². The number of nitrogens with zero attached hydrogens (tertiary/aromatic N) is 16. The highest BCUT2D eigenvalue weighted by Gasteiger charge is 2.35. The van der Waals surface area contributed by atoms with Crippen molar-refractivity contribution >= 4 is 0 Å². The molecule has 0 saturated heterocycles. The maximum Gasteiger partial charge on any atom is 0.417 e. The molecule has 8 aromatic heterocycles. The lowest BCUT2D eigenvalue weighted by atomic mass is 9.97. The first-order chi connectivity index (χ1) is 73.4. The van der Waals surface area contributed by atoms with E-state index in [1.165, 1.54) is 35.4 Å². The SMILES string of the molecule is Cc1ccccc1-c1cccc(-c2nc(-c3cccc(-c4ccccc4C(F)(F)F)c3)nc(-c3cccc(-c4ccccc4C(F)(F)F)c3)n2)c1.c1cc(-c2nc(-c3cccc(-n4cccn4)c3)nc(-c3cccc(-n4cccn4)c3)n2)cc(-n2cccc2)c1.c1ccc(-c2cccc(-c3cccc(-c4nc(-c5cccc(-c6cccc(-c7ccncc7)c6)c5)nc(-c5cccc(-c6cccc(-c7ccncc7)c6)c5)n4)c3)c2)cc1. The summed E-state index contributed by atoms with van der Waals surface area (Å²) in [6, 6.07) is 141. The van der Waals surface area contributed by atoms with Gasteiger partial charge in [-0.05, 0) is 264 Å². The standard InChI is InChI=1S/C55H37N5.C42H27F6N3.C31H22N8/c1-2-10-38(11-3-1)41-12-4-15-44(32-41)47-18-7-21-50(35-47)53-58-54(51-22-8-19-48(36-51)45-16-5-13-42(33-45)39-24-28-56-29-25-39)60-55(59-53)52-23-9-20-49(37-52)46-17-6-14-43(34-46)40-26-30-57-31-27-40;1-26-11-2-3-18-33(26)27-12-8-15-30(23-27)38-49-39(31-16-9-13-28(24-31)34-19-4-6-21-36(34)41(43,44)45)51-40(50-38)32-17-10-14-29(25-32)35-20-5-7-22-37(35)42(46,47)48;1-2-17-37(16-1)26-11-3-8-23(20-26)29-34-30(24-9-4-12-27(21-24)38-18-6-14-32-38)36-31(35-29)25-10-5-13-28(22-25)39-19-7-15-33-39/h1-37H;2-25H,1H3;1-22H. The molecule has 0 amide bonds. The van der Waals surface area contributed by atoms with Crippen molar-refractivity contribution in [3.8, 4) is 220 Å². The fourth-order valence-corrected chi connectivity index (χ4v) is 18.2. The molecule has 720 valence electrons. The number of benzene rings is 16. The van der Waals surface area contributed by atoms with Crippen LogP contribution < -0.4 is 0 Å². The Morgan fingerprint density at radius 1 is 0.173 bits per heavy atom. The van der Waals surface area contributed by atoms with Gasteiger partial charge in [-0.3, -0.25) is 9.97 Å². The molecule has 24 rings (SSSR count). The van der Waals surface area contributed by atoms with E-state index in [2.05, 4.69) is 207 Å². The van der Waals surface area contributed by atoms with Crippen molar-refractivity contribution in [2.45, 2.75) is 19.3 Å². The quantitative estimate of drug-likeness (QED) is 0.0620. The van der Waals surface area contributed by atoms with Gasteiger partial charge in [-0.2, -0.15) is 36.5 Å². The Morgan fingerprint density at radius 3 is 0.707 bits per heavy atom. The van der Waals surface area contributed by atoms with Crippen molar-refractivity contribution in [3.05, 3.63) is 522 Å². The topological polar surface area (TPSA) is 182 Å². The molecule has 0 saturated carbocycles. The van der Waals surface area contributed by atoms with E-state index in [1.54, 1.807) is 73.1 Å². The Morgan fingerprint density at radius 2 is 0.400 bits per heavy atom. The summed E-state index contributed by atoms with van der Waals surface area (Å²) in [5.41, 5.74) is 25.3. The molecule has 16 aromatic carbocycles. The zero-order valence-corrected chi connectivity index (χ0v) is 80.3. The number of alkyl halides is 6. The second-order valence-electron chi connectivity index (χ2n) is 35.5. The molecule has 150 heavy (non-hydrogen) atoms. The van der Waals surface area contributed by atoms with Crippen LogP contribution >= 0.6 is 0 Å². The van der Waals surface area contributed by atoms with E-state index in [0.717, 1.165) is 135 Å². The van der Waals surface area contributed by atoms with Crippen molar-refractivity contribution < 1.29 is 26.3 Å². The first-order valence-corrected chi connectivity index (χ1v) is 48.4. The number of hydrogen-bond acceptors (Lipinski definition) is 13. The van der Waals surface area contributed by atoms with E-state index in [0.29, 0.717) is 62.8 Å². The number of aromatic nitrogens is 16. The molecule has 0 unspecified atom stereocenters. The van der Waals surface area contributed by atoms with Crippen LogP contribution in [0.1, 0.15) is 16.7 Å². The normalized spacial score (nSPS) is 11.3.